The third-order valence-corrected chi connectivity index (χ3v) is 3.55. The van der Waals surface area contributed by atoms with Crippen LogP contribution in [-0.4, -0.2) is 16.5 Å². The first-order chi connectivity index (χ1) is 9.70. The van der Waals surface area contributed by atoms with E-state index < -0.39 is 4.92 Å². The number of hydrogen-bond acceptors (Lipinski definition) is 5. The van der Waals surface area contributed by atoms with E-state index in [1.165, 1.54) is 17.8 Å². The number of benzene rings is 1. The molecule has 0 fully saturated rings. The first-order valence-electron chi connectivity index (χ1n) is 6.33. The molecule has 1 N–H and O–H groups in total. The van der Waals surface area contributed by atoms with E-state index in [9.17, 15) is 10.1 Å². The summed E-state index contributed by atoms with van der Waals surface area (Å²) in [5, 5.41) is 14.6. The molecule has 0 aliphatic heterocycles. The lowest BCUT2D eigenvalue weighted by atomic mass is 10.4. The van der Waals surface area contributed by atoms with Crippen LogP contribution in [-0.2, 0) is 0 Å². The van der Waals surface area contributed by atoms with E-state index in [2.05, 4.69) is 17.2 Å². The summed E-state index contributed by atoms with van der Waals surface area (Å²) in [6, 6.07) is 12.6. The maximum atomic E-state index is 11.1. The third kappa shape index (κ3) is 3.71. The molecule has 104 valence electrons. The zero-order chi connectivity index (χ0) is 14.4. The number of pyridine rings is 1. The summed E-state index contributed by atoms with van der Waals surface area (Å²) in [4.78, 5) is 15.9. The van der Waals surface area contributed by atoms with E-state index in [-0.39, 0.29) is 5.69 Å². The van der Waals surface area contributed by atoms with Gasteiger partial charge in [0.1, 0.15) is 5.82 Å². The number of aromatic nitrogens is 1. The zero-order valence-corrected chi connectivity index (χ0v) is 11.9. The molecule has 0 bridgehead atoms. The largest absolute Gasteiger partial charge is 0.370 e. The van der Waals surface area contributed by atoms with Crippen LogP contribution in [0.2, 0.25) is 0 Å². The Hall–Kier alpha value is -2.08. The van der Waals surface area contributed by atoms with E-state index in [4.69, 9.17) is 0 Å². The summed E-state index contributed by atoms with van der Waals surface area (Å²) < 4.78 is 0. The SMILES string of the molecule is CCCNc1ccc([N+](=O)[O-])c(Sc2ccccc2)n1. The van der Waals surface area contributed by atoms with Crippen LogP contribution in [0.15, 0.2) is 52.4 Å². The van der Waals surface area contributed by atoms with Gasteiger partial charge < -0.3 is 5.32 Å². The van der Waals surface area contributed by atoms with Gasteiger partial charge in [0.25, 0.3) is 0 Å². The van der Waals surface area contributed by atoms with E-state index in [0.717, 1.165) is 17.9 Å². The van der Waals surface area contributed by atoms with Crippen molar-refractivity contribution in [3.05, 3.63) is 52.6 Å². The highest BCUT2D eigenvalue weighted by molar-refractivity contribution is 7.99. The predicted molar refractivity (Wildman–Crippen MR) is 80.2 cm³/mol. The van der Waals surface area contributed by atoms with Gasteiger partial charge in [-0.25, -0.2) is 4.98 Å². The Bertz CT molecular complexity index is 590. The first kappa shape index (κ1) is 14.3. The third-order valence-electron chi connectivity index (χ3n) is 2.55. The molecule has 0 aliphatic carbocycles. The van der Waals surface area contributed by atoms with Crippen LogP contribution in [0.4, 0.5) is 11.5 Å². The first-order valence-corrected chi connectivity index (χ1v) is 7.14. The Morgan fingerprint density at radius 2 is 2.00 bits per heavy atom. The maximum Gasteiger partial charge on any atom is 0.301 e. The summed E-state index contributed by atoms with van der Waals surface area (Å²) in [6.07, 6.45) is 0.972. The lowest BCUT2D eigenvalue weighted by Gasteiger charge is -2.07. The summed E-state index contributed by atoms with van der Waals surface area (Å²) in [7, 11) is 0. The minimum atomic E-state index is -0.401. The fraction of sp³-hybridized carbons (Fsp3) is 0.214. The van der Waals surface area contributed by atoms with Crippen LogP contribution in [0.1, 0.15) is 13.3 Å². The zero-order valence-electron chi connectivity index (χ0n) is 11.1. The molecule has 0 saturated carbocycles. The van der Waals surface area contributed by atoms with Crippen molar-refractivity contribution in [2.24, 2.45) is 0 Å². The van der Waals surface area contributed by atoms with Crippen molar-refractivity contribution < 1.29 is 4.92 Å². The molecule has 0 radical (unpaired) electrons. The Kier molecular flexibility index (Phi) is 4.95. The highest BCUT2D eigenvalue weighted by Gasteiger charge is 2.17. The van der Waals surface area contributed by atoms with E-state index in [1.54, 1.807) is 6.07 Å². The summed E-state index contributed by atoms with van der Waals surface area (Å²) in [6.45, 7) is 2.85. The van der Waals surface area contributed by atoms with Gasteiger partial charge in [-0.3, -0.25) is 10.1 Å². The van der Waals surface area contributed by atoms with Crippen molar-refractivity contribution in [3.8, 4) is 0 Å². The molecule has 2 aromatic rings. The fourth-order valence-electron chi connectivity index (χ4n) is 1.60. The van der Waals surface area contributed by atoms with Crippen LogP contribution in [0.3, 0.4) is 0 Å². The molecule has 1 aromatic carbocycles. The number of anilines is 1. The highest BCUT2D eigenvalue weighted by Crippen LogP contribution is 2.33. The van der Waals surface area contributed by atoms with Crippen LogP contribution in [0, 0.1) is 10.1 Å². The summed E-state index contributed by atoms with van der Waals surface area (Å²) in [5.74, 6) is 0.663. The Labute approximate surface area is 121 Å². The number of hydrogen-bond donors (Lipinski definition) is 1. The van der Waals surface area contributed by atoms with Crippen molar-refractivity contribution in [3.63, 3.8) is 0 Å². The van der Waals surface area contributed by atoms with Crippen LogP contribution < -0.4 is 5.32 Å². The van der Waals surface area contributed by atoms with Crippen LogP contribution in [0.5, 0.6) is 0 Å². The topological polar surface area (TPSA) is 68.1 Å². The quantitative estimate of drug-likeness (QED) is 0.644. The average molecular weight is 289 g/mol. The molecule has 6 heteroatoms. The molecule has 2 rings (SSSR count). The normalized spacial score (nSPS) is 10.2. The molecule has 1 aromatic heterocycles. The Balaban J connectivity index is 2.29. The van der Waals surface area contributed by atoms with E-state index >= 15 is 0 Å². The van der Waals surface area contributed by atoms with Gasteiger partial charge in [-0.05, 0) is 24.6 Å². The molecule has 0 saturated heterocycles. The molecule has 0 atom stereocenters. The highest BCUT2D eigenvalue weighted by atomic mass is 32.2. The van der Waals surface area contributed by atoms with Gasteiger partial charge in [0.05, 0.1) is 4.92 Å². The van der Waals surface area contributed by atoms with Crippen LogP contribution >= 0.6 is 11.8 Å². The Morgan fingerprint density at radius 3 is 2.65 bits per heavy atom. The second kappa shape index (κ2) is 6.91. The number of nitrogens with one attached hydrogen (secondary N) is 1. The van der Waals surface area contributed by atoms with Crippen LogP contribution in [0.25, 0.3) is 0 Å². The summed E-state index contributed by atoms with van der Waals surface area (Å²) in [5.41, 5.74) is 0.0286. The number of nitro groups is 1. The smallest absolute Gasteiger partial charge is 0.301 e. The maximum absolute atomic E-state index is 11.1. The van der Waals surface area contributed by atoms with Gasteiger partial charge in [0.15, 0.2) is 5.03 Å². The Morgan fingerprint density at radius 1 is 1.25 bits per heavy atom. The van der Waals surface area contributed by atoms with Gasteiger partial charge in [-0.15, -0.1) is 0 Å². The standard InChI is InChI=1S/C14H15N3O2S/c1-2-10-15-13-9-8-12(17(18)19)14(16-13)20-11-6-4-3-5-7-11/h3-9H,2,10H2,1H3,(H,15,16). The second-order valence-corrected chi connectivity index (χ2v) is 5.18. The molecule has 0 spiro atoms. The second-order valence-electron chi connectivity index (χ2n) is 4.12. The fourth-order valence-corrected chi connectivity index (χ4v) is 2.51. The molecule has 0 unspecified atom stereocenters. The minimum Gasteiger partial charge on any atom is -0.370 e. The molecule has 1 heterocycles. The van der Waals surface area contributed by atoms with Gasteiger partial charge in [0.2, 0.25) is 0 Å². The molecule has 0 aliphatic rings. The lowest BCUT2D eigenvalue weighted by molar-refractivity contribution is -0.388. The molecule has 20 heavy (non-hydrogen) atoms. The molecule has 5 nitrogen and oxygen atoms in total. The average Bonchev–Trinajstić information content (AvgIpc) is 2.46. The van der Waals surface area contributed by atoms with Crippen molar-refractivity contribution in [1.82, 2.24) is 4.98 Å². The van der Waals surface area contributed by atoms with Gasteiger partial charge in [-0.1, -0.05) is 36.9 Å². The summed E-state index contributed by atoms with van der Waals surface area (Å²) >= 11 is 1.30. The minimum absolute atomic E-state index is 0.0286. The van der Waals surface area contributed by atoms with Crippen molar-refractivity contribution in [1.29, 1.82) is 0 Å². The lowest BCUT2D eigenvalue weighted by Crippen LogP contribution is -2.03. The van der Waals surface area contributed by atoms with Gasteiger partial charge in [0, 0.05) is 17.5 Å². The molecular formula is C14H15N3O2S. The molecular weight excluding hydrogens is 274 g/mol. The van der Waals surface area contributed by atoms with Gasteiger partial charge >= 0.3 is 5.69 Å². The van der Waals surface area contributed by atoms with E-state index in [0.29, 0.717) is 10.8 Å². The van der Waals surface area contributed by atoms with E-state index in [1.807, 2.05) is 30.3 Å². The number of nitrogens with zero attached hydrogens (tertiary/aromatic N) is 2. The van der Waals surface area contributed by atoms with Crippen molar-refractivity contribution >= 4 is 23.3 Å². The number of rotatable bonds is 6. The van der Waals surface area contributed by atoms with Gasteiger partial charge in [-0.2, -0.15) is 0 Å². The van der Waals surface area contributed by atoms with Crippen molar-refractivity contribution in [2.75, 3.05) is 11.9 Å². The predicted octanol–water partition coefficient (Wildman–Crippen LogP) is 3.96. The molecule has 0 amide bonds. The van der Waals surface area contributed by atoms with Crippen molar-refractivity contribution in [2.45, 2.75) is 23.3 Å². The monoisotopic (exact) mass is 289 g/mol.